The van der Waals surface area contributed by atoms with Crippen LogP contribution in [0.3, 0.4) is 0 Å². The van der Waals surface area contributed by atoms with Crippen molar-refractivity contribution in [3.63, 3.8) is 0 Å². The van der Waals surface area contributed by atoms with Crippen molar-refractivity contribution in [3.05, 3.63) is 93.5 Å². The van der Waals surface area contributed by atoms with Gasteiger partial charge in [-0.15, -0.1) is 0 Å². The third-order valence-electron chi connectivity index (χ3n) is 5.01. The average molecular weight is 538 g/mol. The molecular formula is C25H26Cl2N2O3S2. The van der Waals surface area contributed by atoms with Gasteiger partial charge in [-0.1, -0.05) is 59.1 Å². The molecule has 0 fully saturated rings. The number of anilines is 1. The molecule has 3 aromatic carbocycles. The summed E-state index contributed by atoms with van der Waals surface area (Å²) < 4.78 is 27.9. The molecule has 1 amide bonds. The minimum atomic E-state index is -3.92. The fraction of sp³-hybridized carbons (Fsp3) is 0.240. The van der Waals surface area contributed by atoms with E-state index < -0.39 is 10.0 Å². The van der Waals surface area contributed by atoms with Gasteiger partial charge in [-0.3, -0.25) is 9.10 Å². The van der Waals surface area contributed by atoms with Crippen LogP contribution in [0.4, 0.5) is 5.69 Å². The van der Waals surface area contributed by atoms with Gasteiger partial charge < -0.3 is 5.32 Å². The van der Waals surface area contributed by atoms with Gasteiger partial charge in [-0.25, -0.2) is 8.42 Å². The first-order chi connectivity index (χ1) is 16.2. The maximum atomic E-state index is 13.4. The molecule has 3 aromatic rings. The Kier molecular flexibility index (Phi) is 9.31. The lowest BCUT2D eigenvalue weighted by Crippen LogP contribution is -2.41. The Morgan fingerprint density at radius 3 is 2.35 bits per heavy atom. The summed E-state index contributed by atoms with van der Waals surface area (Å²) in [4.78, 5) is 12.8. The van der Waals surface area contributed by atoms with Crippen molar-refractivity contribution in [2.45, 2.75) is 24.5 Å². The first-order valence-corrected chi connectivity index (χ1v) is 14.0. The standard InChI is InChI=1S/C25H26Cl2N2O3S2/c1-18-6-9-22(10-7-18)34(31,32)29(21-5-3-4-19(2)14-21)16-25(30)28-12-13-33-17-20-8-11-23(26)24(27)15-20/h3-11,14-15H,12-13,16-17H2,1-2H3,(H,28,30). The zero-order chi connectivity index (χ0) is 24.7. The van der Waals surface area contributed by atoms with Crippen LogP contribution < -0.4 is 9.62 Å². The number of nitrogens with zero attached hydrogens (tertiary/aromatic N) is 1. The van der Waals surface area contributed by atoms with Gasteiger partial charge >= 0.3 is 0 Å². The Balaban J connectivity index is 1.63. The molecule has 0 unspecified atom stereocenters. The van der Waals surface area contributed by atoms with E-state index in [0.29, 0.717) is 28.0 Å². The van der Waals surface area contributed by atoms with Crippen molar-refractivity contribution in [1.82, 2.24) is 5.32 Å². The van der Waals surface area contributed by atoms with Gasteiger partial charge in [0.05, 0.1) is 20.6 Å². The van der Waals surface area contributed by atoms with E-state index in [4.69, 9.17) is 23.2 Å². The summed E-state index contributed by atoms with van der Waals surface area (Å²) in [6, 6.07) is 19.2. The van der Waals surface area contributed by atoms with Crippen LogP contribution in [0.2, 0.25) is 10.0 Å². The summed E-state index contributed by atoms with van der Waals surface area (Å²) in [5.41, 5.74) is 3.35. The lowest BCUT2D eigenvalue weighted by atomic mass is 10.2. The minimum Gasteiger partial charge on any atom is -0.354 e. The highest BCUT2D eigenvalue weighted by Gasteiger charge is 2.27. The molecule has 1 N–H and O–H groups in total. The van der Waals surface area contributed by atoms with Crippen molar-refractivity contribution in [2.24, 2.45) is 0 Å². The van der Waals surface area contributed by atoms with E-state index in [0.717, 1.165) is 26.7 Å². The van der Waals surface area contributed by atoms with E-state index in [2.05, 4.69) is 5.32 Å². The molecular weight excluding hydrogens is 511 g/mol. The predicted molar refractivity (Wildman–Crippen MR) is 143 cm³/mol. The normalized spacial score (nSPS) is 11.3. The maximum absolute atomic E-state index is 13.4. The summed E-state index contributed by atoms with van der Waals surface area (Å²) in [5.74, 6) is 1.03. The van der Waals surface area contributed by atoms with Crippen LogP contribution in [0.5, 0.6) is 0 Å². The number of aryl methyl sites for hydroxylation is 2. The Labute approximate surface area is 215 Å². The summed E-state index contributed by atoms with van der Waals surface area (Å²) in [5, 5.41) is 3.85. The number of thioether (sulfide) groups is 1. The van der Waals surface area contributed by atoms with Gasteiger partial charge in [0.15, 0.2) is 0 Å². The Hall–Kier alpha value is -2.19. The number of amides is 1. The zero-order valence-electron chi connectivity index (χ0n) is 18.9. The second kappa shape index (κ2) is 12.0. The molecule has 180 valence electrons. The van der Waals surface area contributed by atoms with Crippen LogP contribution in [-0.4, -0.2) is 33.2 Å². The monoisotopic (exact) mass is 536 g/mol. The number of hydrogen-bond donors (Lipinski definition) is 1. The minimum absolute atomic E-state index is 0.143. The number of hydrogen-bond acceptors (Lipinski definition) is 4. The summed E-state index contributed by atoms with van der Waals surface area (Å²) in [7, 11) is -3.92. The molecule has 0 saturated carbocycles. The lowest BCUT2D eigenvalue weighted by Gasteiger charge is -2.24. The number of halogens is 2. The summed E-state index contributed by atoms with van der Waals surface area (Å²) >= 11 is 13.6. The van der Waals surface area contributed by atoms with E-state index in [1.54, 1.807) is 60.3 Å². The van der Waals surface area contributed by atoms with E-state index in [-0.39, 0.29) is 17.3 Å². The molecule has 3 rings (SSSR count). The molecule has 0 saturated heterocycles. The van der Waals surface area contributed by atoms with Crippen LogP contribution in [0.15, 0.2) is 71.6 Å². The highest BCUT2D eigenvalue weighted by molar-refractivity contribution is 7.98. The molecule has 0 radical (unpaired) electrons. The topological polar surface area (TPSA) is 66.5 Å². The van der Waals surface area contributed by atoms with Gasteiger partial charge in [0.2, 0.25) is 5.91 Å². The molecule has 0 aliphatic heterocycles. The van der Waals surface area contributed by atoms with Crippen molar-refractivity contribution in [3.8, 4) is 0 Å². The number of carbonyl (C=O) groups excluding carboxylic acids is 1. The van der Waals surface area contributed by atoms with E-state index >= 15 is 0 Å². The van der Waals surface area contributed by atoms with E-state index in [9.17, 15) is 13.2 Å². The van der Waals surface area contributed by atoms with Crippen molar-refractivity contribution in [1.29, 1.82) is 0 Å². The smallest absolute Gasteiger partial charge is 0.264 e. The Bertz CT molecular complexity index is 1250. The van der Waals surface area contributed by atoms with Crippen LogP contribution in [-0.2, 0) is 20.6 Å². The SMILES string of the molecule is Cc1ccc(S(=O)(=O)N(CC(=O)NCCSCc2ccc(Cl)c(Cl)c2)c2cccc(C)c2)cc1. The first kappa shape index (κ1) is 26.4. The van der Waals surface area contributed by atoms with Crippen LogP contribution >= 0.6 is 35.0 Å². The molecule has 0 atom stereocenters. The molecule has 0 spiro atoms. The number of benzene rings is 3. The van der Waals surface area contributed by atoms with Crippen molar-refractivity contribution < 1.29 is 13.2 Å². The molecule has 34 heavy (non-hydrogen) atoms. The summed E-state index contributed by atoms with van der Waals surface area (Å²) in [6.45, 7) is 3.88. The van der Waals surface area contributed by atoms with Crippen LogP contribution in [0.1, 0.15) is 16.7 Å². The number of carbonyl (C=O) groups is 1. The molecule has 0 aliphatic rings. The van der Waals surface area contributed by atoms with Gasteiger partial charge in [0.25, 0.3) is 10.0 Å². The quantitative estimate of drug-likeness (QED) is 0.329. The zero-order valence-corrected chi connectivity index (χ0v) is 22.1. The predicted octanol–water partition coefficient (Wildman–Crippen LogP) is 5.86. The second-order valence-electron chi connectivity index (χ2n) is 7.81. The average Bonchev–Trinajstić information content (AvgIpc) is 2.79. The molecule has 5 nitrogen and oxygen atoms in total. The van der Waals surface area contributed by atoms with E-state index in [1.807, 2.05) is 32.0 Å². The lowest BCUT2D eigenvalue weighted by molar-refractivity contribution is -0.119. The van der Waals surface area contributed by atoms with Crippen LogP contribution in [0.25, 0.3) is 0 Å². The summed E-state index contributed by atoms with van der Waals surface area (Å²) in [6.07, 6.45) is 0. The number of rotatable bonds is 10. The fourth-order valence-electron chi connectivity index (χ4n) is 3.20. The Morgan fingerprint density at radius 1 is 0.941 bits per heavy atom. The highest BCUT2D eigenvalue weighted by atomic mass is 35.5. The second-order valence-corrected chi connectivity index (χ2v) is 11.6. The largest absolute Gasteiger partial charge is 0.354 e. The van der Waals surface area contributed by atoms with Gasteiger partial charge in [-0.2, -0.15) is 11.8 Å². The number of sulfonamides is 1. The third kappa shape index (κ3) is 7.15. The molecule has 0 heterocycles. The Morgan fingerprint density at radius 2 is 1.68 bits per heavy atom. The van der Waals surface area contributed by atoms with Gasteiger partial charge in [-0.05, 0) is 61.4 Å². The third-order valence-corrected chi connectivity index (χ3v) is 8.56. The van der Waals surface area contributed by atoms with E-state index in [1.165, 1.54) is 0 Å². The van der Waals surface area contributed by atoms with Gasteiger partial charge in [0, 0.05) is 18.1 Å². The molecule has 9 heteroatoms. The fourth-order valence-corrected chi connectivity index (χ4v) is 5.74. The van der Waals surface area contributed by atoms with Crippen LogP contribution in [0, 0.1) is 13.8 Å². The molecule has 0 aliphatic carbocycles. The molecule has 0 aromatic heterocycles. The molecule has 0 bridgehead atoms. The highest BCUT2D eigenvalue weighted by Crippen LogP contribution is 2.26. The maximum Gasteiger partial charge on any atom is 0.264 e. The van der Waals surface area contributed by atoms with Crippen molar-refractivity contribution >= 4 is 56.6 Å². The van der Waals surface area contributed by atoms with Gasteiger partial charge in [0.1, 0.15) is 6.54 Å². The number of nitrogens with one attached hydrogen (secondary N) is 1. The van der Waals surface area contributed by atoms with Crippen molar-refractivity contribution in [2.75, 3.05) is 23.1 Å². The first-order valence-electron chi connectivity index (χ1n) is 10.6.